The zero-order valence-electron chi connectivity index (χ0n) is 17.5. The molecule has 1 saturated carbocycles. The van der Waals surface area contributed by atoms with Crippen LogP contribution in [0.4, 0.5) is 5.69 Å². The Morgan fingerprint density at radius 3 is 2.32 bits per heavy atom. The summed E-state index contributed by atoms with van der Waals surface area (Å²) in [5.74, 6) is 0.255. The second kappa shape index (κ2) is 9.51. The van der Waals surface area contributed by atoms with Crippen molar-refractivity contribution in [3.8, 4) is 5.75 Å². The highest BCUT2D eigenvalue weighted by molar-refractivity contribution is 6.08. The number of anilines is 1. The number of rotatable bonds is 7. The quantitative estimate of drug-likeness (QED) is 0.602. The van der Waals surface area contributed by atoms with E-state index in [1.807, 2.05) is 30.3 Å². The van der Waals surface area contributed by atoms with E-state index in [2.05, 4.69) is 5.32 Å². The minimum atomic E-state index is -0.840. The Balaban J connectivity index is 1.77. The topological polar surface area (TPSA) is 71.8 Å². The number of benzene rings is 2. The number of ether oxygens (including phenoxy) is 1. The number of methoxy groups -OCH3 is 1. The van der Waals surface area contributed by atoms with Crippen LogP contribution in [0.25, 0.3) is 0 Å². The zero-order chi connectivity index (χ0) is 21.6. The summed E-state index contributed by atoms with van der Waals surface area (Å²) in [5.41, 5.74) is 1.31. The average molecular weight is 418 g/mol. The Labute approximate surface area is 181 Å². The molecule has 0 radical (unpaired) electrons. The van der Waals surface area contributed by atoms with Gasteiger partial charge < -0.3 is 14.5 Å². The maximum Gasteiger partial charge on any atom is 0.294 e. The molecular formula is C25H26N2O4. The molecule has 2 amide bonds. The lowest BCUT2D eigenvalue weighted by Gasteiger charge is -2.31. The largest absolute Gasteiger partial charge is 0.497 e. The molecule has 1 aliphatic rings. The van der Waals surface area contributed by atoms with Gasteiger partial charge >= 0.3 is 0 Å². The Kier molecular flexibility index (Phi) is 6.36. The molecule has 0 unspecified atom stereocenters. The van der Waals surface area contributed by atoms with Gasteiger partial charge in [0.15, 0.2) is 5.76 Å². The smallest absolute Gasteiger partial charge is 0.294 e. The standard InChI is InChI=1S/C25H26N2O4/c1-30-21-15-13-20(14-16-21)27(25(29)22-12-7-17-31-22)23(18-8-3-2-4-9-18)24(28)26-19-10-5-6-11-19/h2-4,7-9,12-17,19,23H,5-6,10-11H2,1H3,(H,26,28)/t23-/m1/s1. The van der Waals surface area contributed by atoms with Crippen molar-refractivity contribution >= 4 is 17.5 Å². The van der Waals surface area contributed by atoms with Crippen molar-refractivity contribution in [2.24, 2.45) is 0 Å². The second-order valence-electron chi connectivity index (χ2n) is 7.65. The first-order valence-electron chi connectivity index (χ1n) is 10.5. The van der Waals surface area contributed by atoms with Crippen molar-refractivity contribution in [2.45, 2.75) is 37.8 Å². The van der Waals surface area contributed by atoms with Gasteiger partial charge in [0.25, 0.3) is 5.91 Å². The van der Waals surface area contributed by atoms with Crippen LogP contribution in [0.3, 0.4) is 0 Å². The van der Waals surface area contributed by atoms with Crippen LogP contribution in [0.2, 0.25) is 0 Å². The van der Waals surface area contributed by atoms with Crippen LogP contribution in [-0.2, 0) is 4.79 Å². The highest BCUT2D eigenvalue weighted by Crippen LogP contribution is 2.32. The molecule has 6 heteroatoms. The summed E-state index contributed by atoms with van der Waals surface area (Å²) in [6, 6.07) is 19.0. The van der Waals surface area contributed by atoms with Gasteiger partial charge in [0.05, 0.1) is 13.4 Å². The number of carbonyl (C=O) groups is 2. The van der Waals surface area contributed by atoms with Crippen LogP contribution in [0, 0.1) is 0 Å². The summed E-state index contributed by atoms with van der Waals surface area (Å²) >= 11 is 0. The minimum Gasteiger partial charge on any atom is -0.497 e. The van der Waals surface area contributed by atoms with Crippen LogP contribution in [0.1, 0.15) is 47.8 Å². The summed E-state index contributed by atoms with van der Waals surface area (Å²) < 4.78 is 10.7. The van der Waals surface area contributed by atoms with Crippen molar-refractivity contribution in [3.05, 3.63) is 84.3 Å². The predicted octanol–water partition coefficient (Wildman–Crippen LogP) is 4.74. The van der Waals surface area contributed by atoms with E-state index < -0.39 is 6.04 Å². The van der Waals surface area contributed by atoms with Gasteiger partial charge in [-0.1, -0.05) is 43.2 Å². The highest BCUT2D eigenvalue weighted by Gasteiger charge is 2.35. The SMILES string of the molecule is COc1ccc(N(C(=O)c2ccco2)[C@@H](C(=O)NC2CCCC2)c2ccccc2)cc1. The Bertz CT molecular complexity index is 994. The summed E-state index contributed by atoms with van der Waals surface area (Å²) in [4.78, 5) is 28.6. The van der Waals surface area contributed by atoms with Crippen molar-refractivity contribution in [1.29, 1.82) is 0 Å². The van der Waals surface area contributed by atoms with E-state index in [0.717, 1.165) is 31.2 Å². The first-order valence-corrected chi connectivity index (χ1v) is 10.5. The summed E-state index contributed by atoms with van der Waals surface area (Å²) in [7, 11) is 1.59. The first-order chi connectivity index (χ1) is 15.2. The Morgan fingerprint density at radius 1 is 1.00 bits per heavy atom. The molecule has 0 bridgehead atoms. The normalized spacial score (nSPS) is 14.7. The molecule has 1 N–H and O–H groups in total. The summed E-state index contributed by atoms with van der Waals surface area (Å²) in [5, 5.41) is 3.16. The van der Waals surface area contributed by atoms with Crippen LogP contribution >= 0.6 is 0 Å². The predicted molar refractivity (Wildman–Crippen MR) is 118 cm³/mol. The molecule has 4 rings (SSSR count). The fourth-order valence-electron chi connectivity index (χ4n) is 4.05. The number of furan rings is 1. The van der Waals surface area contributed by atoms with Gasteiger partial charge in [0.2, 0.25) is 5.91 Å². The molecule has 0 spiro atoms. The average Bonchev–Trinajstić information content (AvgIpc) is 3.52. The zero-order valence-corrected chi connectivity index (χ0v) is 17.5. The van der Waals surface area contributed by atoms with Crippen LogP contribution in [-0.4, -0.2) is 25.0 Å². The third-order valence-electron chi connectivity index (χ3n) is 5.62. The second-order valence-corrected chi connectivity index (χ2v) is 7.65. The number of nitrogens with one attached hydrogen (secondary N) is 1. The Hall–Kier alpha value is -3.54. The highest BCUT2D eigenvalue weighted by atomic mass is 16.5. The summed E-state index contributed by atoms with van der Waals surface area (Å²) in [6.07, 6.45) is 5.59. The van der Waals surface area contributed by atoms with Gasteiger partial charge in [-0.05, 0) is 54.8 Å². The molecule has 1 atom stereocenters. The molecule has 31 heavy (non-hydrogen) atoms. The lowest BCUT2D eigenvalue weighted by atomic mass is 10.0. The van der Waals surface area contributed by atoms with Gasteiger partial charge in [0.1, 0.15) is 11.8 Å². The number of hydrogen-bond donors (Lipinski definition) is 1. The number of hydrogen-bond acceptors (Lipinski definition) is 4. The van der Waals surface area contributed by atoms with E-state index in [4.69, 9.17) is 9.15 Å². The van der Waals surface area contributed by atoms with Crippen molar-refractivity contribution in [3.63, 3.8) is 0 Å². The number of carbonyl (C=O) groups excluding carboxylic acids is 2. The fourth-order valence-corrected chi connectivity index (χ4v) is 4.05. The van der Waals surface area contributed by atoms with Crippen molar-refractivity contribution in [2.75, 3.05) is 12.0 Å². The van der Waals surface area contributed by atoms with Gasteiger partial charge in [-0.3, -0.25) is 14.5 Å². The lowest BCUT2D eigenvalue weighted by molar-refractivity contribution is -0.123. The van der Waals surface area contributed by atoms with Crippen molar-refractivity contribution in [1.82, 2.24) is 5.32 Å². The molecular weight excluding hydrogens is 392 g/mol. The molecule has 1 aromatic heterocycles. The third-order valence-corrected chi connectivity index (χ3v) is 5.62. The van der Waals surface area contributed by atoms with E-state index >= 15 is 0 Å². The number of amides is 2. The molecule has 2 aromatic carbocycles. The van der Waals surface area contributed by atoms with Gasteiger partial charge in [0, 0.05) is 11.7 Å². The maximum atomic E-state index is 13.6. The van der Waals surface area contributed by atoms with E-state index in [9.17, 15) is 9.59 Å². The van der Waals surface area contributed by atoms with Gasteiger partial charge in [-0.2, -0.15) is 0 Å². The lowest BCUT2D eigenvalue weighted by Crippen LogP contribution is -2.46. The van der Waals surface area contributed by atoms with Gasteiger partial charge in [-0.15, -0.1) is 0 Å². The third kappa shape index (κ3) is 4.63. The van der Waals surface area contributed by atoms with E-state index in [-0.39, 0.29) is 23.6 Å². The maximum absolute atomic E-state index is 13.6. The minimum absolute atomic E-state index is 0.134. The molecule has 0 saturated heterocycles. The number of nitrogens with zero attached hydrogens (tertiary/aromatic N) is 1. The van der Waals surface area contributed by atoms with Gasteiger partial charge in [-0.25, -0.2) is 0 Å². The van der Waals surface area contributed by atoms with Crippen LogP contribution in [0.15, 0.2) is 77.4 Å². The van der Waals surface area contributed by atoms with E-state index in [0.29, 0.717) is 11.4 Å². The van der Waals surface area contributed by atoms with E-state index in [1.165, 1.54) is 11.2 Å². The van der Waals surface area contributed by atoms with E-state index in [1.54, 1.807) is 43.5 Å². The van der Waals surface area contributed by atoms with Crippen molar-refractivity contribution < 1.29 is 18.7 Å². The van der Waals surface area contributed by atoms with Crippen LogP contribution < -0.4 is 15.0 Å². The molecule has 160 valence electrons. The first kappa shape index (κ1) is 20.7. The summed E-state index contributed by atoms with van der Waals surface area (Å²) in [6.45, 7) is 0. The molecule has 6 nitrogen and oxygen atoms in total. The fraction of sp³-hybridized carbons (Fsp3) is 0.280. The molecule has 1 heterocycles. The molecule has 1 fully saturated rings. The Morgan fingerprint density at radius 2 is 1.71 bits per heavy atom. The monoisotopic (exact) mass is 418 g/mol. The molecule has 1 aliphatic carbocycles. The molecule has 0 aliphatic heterocycles. The van der Waals surface area contributed by atoms with Crippen LogP contribution in [0.5, 0.6) is 5.75 Å². The molecule has 3 aromatic rings.